The molecule has 2 rings (SSSR count). The van der Waals surface area contributed by atoms with Gasteiger partial charge in [-0.15, -0.1) is 0 Å². The molecule has 116 valence electrons. The van der Waals surface area contributed by atoms with E-state index in [1.165, 1.54) is 25.3 Å². The molecular formula is C14H11BrF2N2O3. The summed E-state index contributed by atoms with van der Waals surface area (Å²) in [7, 11) is 0. The van der Waals surface area contributed by atoms with Gasteiger partial charge in [-0.1, -0.05) is 6.07 Å². The third kappa shape index (κ3) is 3.70. The van der Waals surface area contributed by atoms with E-state index in [1.54, 1.807) is 0 Å². The number of para-hydroxylation sites is 1. The zero-order valence-electron chi connectivity index (χ0n) is 11.3. The average Bonchev–Trinajstić information content (AvgIpc) is 2.89. The lowest BCUT2D eigenvalue weighted by Crippen LogP contribution is -2.30. The Morgan fingerprint density at radius 2 is 1.95 bits per heavy atom. The number of rotatable bonds is 4. The standard InChI is InChI=1S/C14H11BrF2N2O3/c1-7(22-14(21)11-5-8(15)6-18-11)13(20)19-12-9(16)3-2-4-10(12)17/h2-7,18H,1H3,(H,19,20). The molecule has 0 aliphatic heterocycles. The highest BCUT2D eigenvalue weighted by Crippen LogP contribution is 2.18. The van der Waals surface area contributed by atoms with Crippen LogP contribution in [0.25, 0.3) is 0 Å². The number of aromatic amines is 1. The van der Waals surface area contributed by atoms with E-state index in [-0.39, 0.29) is 5.69 Å². The van der Waals surface area contributed by atoms with Gasteiger partial charge in [-0.3, -0.25) is 4.79 Å². The molecule has 2 aromatic rings. The Kier molecular flexibility index (Phi) is 4.92. The molecule has 2 N–H and O–H groups in total. The lowest BCUT2D eigenvalue weighted by atomic mass is 10.2. The fourth-order valence-corrected chi connectivity index (χ4v) is 1.95. The summed E-state index contributed by atoms with van der Waals surface area (Å²) in [6.07, 6.45) is 0.296. The number of aromatic nitrogens is 1. The molecule has 0 aliphatic carbocycles. The topological polar surface area (TPSA) is 71.2 Å². The van der Waals surface area contributed by atoms with Gasteiger partial charge in [-0.2, -0.15) is 0 Å². The lowest BCUT2D eigenvalue weighted by molar-refractivity contribution is -0.123. The number of benzene rings is 1. The van der Waals surface area contributed by atoms with Gasteiger partial charge in [0.25, 0.3) is 5.91 Å². The number of nitrogens with one attached hydrogen (secondary N) is 2. The molecule has 1 amide bonds. The van der Waals surface area contributed by atoms with Crippen molar-refractivity contribution in [2.24, 2.45) is 0 Å². The molecule has 0 bridgehead atoms. The summed E-state index contributed by atoms with van der Waals surface area (Å²) in [4.78, 5) is 26.2. The fourth-order valence-electron chi connectivity index (χ4n) is 1.61. The van der Waals surface area contributed by atoms with E-state index in [1.807, 2.05) is 0 Å². The predicted molar refractivity (Wildman–Crippen MR) is 78.4 cm³/mol. The summed E-state index contributed by atoms with van der Waals surface area (Å²) in [6, 6.07) is 4.66. The number of hydrogen-bond donors (Lipinski definition) is 2. The fraction of sp³-hybridized carbons (Fsp3) is 0.143. The van der Waals surface area contributed by atoms with E-state index in [0.29, 0.717) is 4.47 Å². The minimum Gasteiger partial charge on any atom is -0.448 e. The van der Waals surface area contributed by atoms with Gasteiger partial charge in [-0.25, -0.2) is 13.6 Å². The number of carbonyl (C=O) groups is 2. The molecule has 1 aromatic heterocycles. The van der Waals surface area contributed by atoms with Crippen LogP contribution in [0.5, 0.6) is 0 Å². The van der Waals surface area contributed by atoms with Gasteiger partial charge in [0.15, 0.2) is 6.10 Å². The number of halogens is 3. The van der Waals surface area contributed by atoms with Gasteiger partial charge in [0, 0.05) is 10.7 Å². The van der Waals surface area contributed by atoms with Crippen molar-refractivity contribution in [2.75, 3.05) is 5.32 Å². The van der Waals surface area contributed by atoms with Crippen LogP contribution < -0.4 is 5.32 Å². The number of amides is 1. The molecule has 0 saturated heterocycles. The van der Waals surface area contributed by atoms with Crippen molar-refractivity contribution in [1.82, 2.24) is 4.98 Å². The van der Waals surface area contributed by atoms with Gasteiger partial charge in [0.05, 0.1) is 0 Å². The Labute approximate surface area is 132 Å². The second kappa shape index (κ2) is 6.69. The number of anilines is 1. The van der Waals surface area contributed by atoms with E-state index >= 15 is 0 Å². The second-order valence-corrected chi connectivity index (χ2v) is 5.28. The van der Waals surface area contributed by atoms with Crippen LogP contribution in [-0.4, -0.2) is 23.0 Å². The second-order valence-electron chi connectivity index (χ2n) is 4.37. The molecule has 0 saturated carbocycles. The maximum absolute atomic E-state index is 13.4. The van der Waals surface area contributed by atoms with Gasteiger partial charge in [0.1, 0.15) is 23.0 Å². The van der Waals surface area contributed by atoms with Gasteiger partial charge in [-0.05, 0) is 41.1 Å². The van der Waals surface area contributed by atoms with Crippen LogP contribution in [0.4, 0.5) is 14.5 Å². The number of hydrogen-bond acceptors (Lipinski definition) is 3. The number of ether oxygens (including phenoxy) is 1. The zero-order chi connectivity index (χ0) is 16.3. The molecule has 1 heterocycles. The monoisotopic (exact) mass is 372 g/mol. The highest BCUT2D eigenvalue weighted by molar-refractivity contribution is 9.10. The first-order valence-corrected chi connectivity index (χ1v) is 6.97. The highest BCUT2D eigenvalue weighted by atomic mass is 79.9. The van der Waals surface area contributed by atoms with Crippen LogP contribution in [0, 0.1) is 11.6 Å². The van der Waals surface area contributed by atoms with Crippen molar-refractivity contribution in [3.63, 3.8) is 0 Å². The zero-order valence-corrected chi connectivity index (χ0v) is 12.9. The molecule has 22 heavy (non-hydrogen) atoms. The van der Waals surface area contributed by atoms with E-state index in [0.717, 1.165) is 12.1 Å². The first-order chi connectivity index (χ1) is 10.4. The van der Waals surface area contributed by atoms with Crippen molar-refractivity contribution < 1.29 is 23.1 Å². The Hall–Kier alpha value is -2.22. The Morgan fingerprint density at radius 1 is 1.32 bits per heavy atom. The third-order valence-corrected chi connectivity index (χ3v) is 3.19. The summed E-state index contributed by atoms with van der Waals surface area (Å²) >= 11 is 3.15. The lowest BCUT2D eigenvalue weighted by Gasteiger charge is -2.13. The van der Waals surface area contributed by atoms with E-state index in [4.69, 9.17) is 4.74 Å². The molecule has 0 spiro atoms. The summed E-state index contributed by atoms with van der Waals surface area (Å²) in [5.74, 6) is -3.44. The predicted octanol–water partition coefficient (Wildman–Crippen LogP) is 3.24. The number of carbonyl (C=O) groups excluding carboxylic acids is 2. The smallest absolute Gasteiger partial charge is 0.355 e. The Balaban J connectivity index is 2.02. The first kappa shape index (κ1) is 16.2. The Morgan fingerprint density at radius 3 is 2.50 bits per heavy atom. The molecule has 1 unspecified atom stereocenters. The van der Waals surface area contributed by atoms with E-state index in [2.05, 4.69) is 26.2 Å². The van der Waals surface area contributed by atoms with E-state index < -0.39 is 35.3 Å². The van der Waals surface area contributed by atoms with Gasteiger partial charge >= 0.3 is 5.97 Å². The maximum atomic E-state index is 13.4. The van der Waals surface area contributed by atoms with Crippen LogP contribution in [0.3, 0.4) is 0 Å². The van der Waals surface area contributed by atoms with Gasteiger partial charge < -0.3 is 15.0 Å². The average molecular weight is 373 g/mol. The maximum Gasteiger partial charge on any atom is 0.355 e. The minimum atomic E-state index is -1.23. The Bertz CT molecular complexity index is 698. The molecule has 8 heteroatoms. The molecule has 1 aromatic carbocycles. The summed E-state index contributed by atoms with van der Waals surface area (Å²) < 4.78 is 32.4. The first-order valence-electron chi connectivity index (χ1n) is 6.18. The SMILES string of the molecule is CC(OC(=O)c1cc(Br)c[nH]1)C(=O)Nc1c(F)cccc1F. The van der Waals surface area contributed by atoms with Gasteiger partial charge in [0.2, 0.25) is 0 Å². The van der Waals surface area contributed by atoms with Crippen molar-refractivity contribution in [1.29, 1.82) is 0 Å². The normalized spacial score (nSPS) is 11.8. The number of esters is 1. The molecular weight excluding hydrogens is 362 g/mol. The molecule has 5 nitrogen and oxygen atoms in total. The molecule has 0 aliphatic rings. The van der Waals surface area contributed by atoms with Crippen molar-refractivity contribution in [3.05, 3.63) is 52.3 Å². The molecule has 1 atom stereocenters. The summed E-state index contributed by atoms with van der Waals surface area (Å²) in [5, 5.41) is 2.05. The van der Waals surface area contributed by atoms with Crippen molar-refractivity contribution in [2.45, 2.75) is 13.0 Å². The van der Waals surface area contributed by atoms with Crippen molar-refractivity contribution in [3.8, 4) is 0 Å². The minimum absolute atomic E-state index is 0.142. The van der Waals surface area contributed by atoms with Crippen molar-refractivity contribution >= 4 is 33.5 Å². The third-order valence-electron chi connectivity index (χ3n) is 2.73. The summed E-state index contributed by atoms with van der Waals surface area (Å²) in [6.45, 7) is 1.30. The molecule has 0 fully saturated rings. The van der Waals surface area contributed by atoms with Crippen LogP contribution in [-0.2, 0) is 9.53 Å². The van der Waals surface area contributed by atoms with Crippen LogP contribution >= 0.6 is 15.9 Å². The molecule has 0 radical (unpaired) electrons. The van der Waals surface area contributed by atoms with Crippen LogP contribution in [0.2, 0.25) is 0 Å². The largest absolute Gasteiger partial charge is 0.448 e. The van der Waals surface area contributed by atoms with Crippen LogP contribution in [0.1, 0.15) is 17.4 Å². The van der Waals surface area contributed by atoms with Crippen LogP contribution in [0.15, 0.2) is 34.9 Å². The van der Waals surface area contributed by atoms with E-state index in [9.17, 15) is 18.4 Å². The number of H-pyrrole nitrogens is 1. The highest BCUT2D eigenvalue weighted by Gasteiger charge is 2.22. The quantitative estimate of drug-likeness (QED) is 0.809. The summed E-state index contributed by atoms with van der Waals surface area (Å²) in [5.41, 5.74) is -0.443.